The molecule has 1 heterocycles. The highest BCUT2D eigenvalue weighted by molar-refractivity contribution is 6.04. The minimum Gasteiger partial charge on any atom is -0.497 e. The summed E-state index contributed by atoms with van der Waals surface area (Å²) >= 11 is 0. The molecule has 0 fully saturated rings. The number of methoxy groups -OCH3 is 2. The second kappa shape index (κ2) is 8.18. The smallest absolute Gasteiger partial charge is 0.258 e. The fourth-order valence-electron chi connectivity index (χ4n) is 2.37. The third-order valence-electron chi connectivity index (χ3n) is 3.88. The lowest BCUT2D eigenvalue weighted by molar-refractivity contribution is 0.102. The first kappa shape index (κ1) is 18.2. The average Bonchev–Trinajstić information content (AvgIpc) is 2.70. The molecule has 0 aliphatic rings. The summed E-state index contributed by atoms with van der Waals surface area (Å²) in [6, 6.07) is 13.0. The molecule has 1 amide bonds. The molecule has 0 saturated heterocycles. The third kappa shape index (κ3) is 4.52. The van der Waals surface area contributed by atoms with E-state index in [1.54, 1.807) is 25.3 Å². The van der Waals surface area contributed by atoms with Crippen LogP contribution in [0.1, 0.15) is 15.9 Å². The highest BCUT2D eigenvalue weighted by Crippen LogP contribution is 2.29. The van der Waals surface area contributed by atoms with Crippen molar-refractivity contribution in [2.24, 2.45) is 0 Å². The van der Waals surface area contributed by atoms with E-state index in [1.807, 2.05) is 31.2 Å². The molecular formula is C20H20N4O3. The molecule has 0 radical (unpaired) electrons. The molecule has 2 aromatic carbocycles. The summed E-state index contributed by atoms with van der Waals surface area (Å²) in [7, 11) is 3.09. The van der Waals surface area contributed by atoms with Crippen LogP contribution in [0.15, 0.2) is 54.9 Å². The van der Waals surface area contributed by atoms with Crippen molar-refractivity contribution in [3.05, 3.63) is 66.0 Å². The molecule has 0 aliphatic heterocycles. The Kier molecular flexibility index (Phi) is 5.51. The first-order chi connectivity index (χ1) is 13.1. The summed E-state index contributed by atoms with van der Waals surface area (Å²) in [6.07, 6.45) is 2.93. The van der Waals surface area contributed by atoms with E-state index < -0.39 is 0 Å². The number of aryl methyl sites for hydroxylation is 1. The second-order valence-corrected chi connectivity index (χ2v) is 5.81. The van der Waals surface area contributed by atoms with Crippen LogP contribution in [0.4, 0.5) is 17.3 Å². The van der Waals surface area contributed by atoms with Crippen molar-refractivity contribution in [3.63, 3.8) is 0 Å². The number of ether oxygens (including phenoxy) is 2. The van der Waals surface area contributed by atoms with E-state index in [4.69, 9.17) is 9.47 Å². The number of nitrogens with zero attached hydrogens (tertiary/aromatic N) is 2. The fraction of sp³-hybridized carbons (Fsp3) is 0.150. The van der Waals surface area contributed by atoms with Crippen molar-refractivity contribution in [1.82, 2.24) is 9.97 Å². The molecule has 0 spiro atoms. The van der Waals surface area contributed by atoms with Gasteiger partial charge in [-0.15, -0.1) is 0 Å². The molecule has 0 atom stereocenters. The number of aromatic nitrogens is 2. The van der Waals surface area contributed by atoms with Crippen LogP contribution in [-0.2, 0) is 0 Å². The predicted molar refractivity (Wildman–Crippen MR) is 104 cm³/mol. The van der Waals surface area contributed by atoms with Crippen molar-refractivity contribution in [3.8, 4) is 11.5 Å². The summed E-state index contributed by atoms with van der Waals surface area (Å²) in [5.74, 6) is 1.22. The van der Waals surface area contributed by atoms with Crippen molar-refractivity contribution in [2.45, 2.75) is 6.92 Å². The molecular weight excluding hydrogens is 344 g/mol. The van der Waals surface area contributed by atoms with Crippen molar-refractivity contribution in [1.29, 1.82) is 0 Å². The Bertz CT molecular complexity index is 925. The lowest BCUT2D eigenvalue weighted by Gasteiger charge is -2.11. The summed E-state index contributed by atoms with van der Waals surface area (Å²) < 4.78 is 10.4. The van der Waals surface area contributed by atoms with Gasteiger partial charge >= 0.3 is 0 Å². The van der Waals surface area contributed by atoms with Gasteiger partial charge in [-0.3, -0.25) is 4.79 Å². The van der Waals surface area contributed by atoms with E-state index in [2.05, 4.69) is 20.6 Å². The maximum Gasteiger partial charge on any atom is 0.258 e. The van der Waals surface area contributed by atoms with Crippen LogP contribution >= 0.6 is 0 Å². The number of anilines is 3. The lowest BCUT2D eigenvalue weighted by Crippen LogP contribution is -2.13. The summed E-state index contributed by atoms with van der Waals surface area (Å²) in [6.45, 7) is 2.02. The summed E-state index contributed by atoms with van der Waals surface area (Å²) in [5.41, 5.74) is 2.91. The Morgan fingerprint density at radius 2 is 1.67 bits per heavy atom. The standard InChI is InChI=1S/C20H20N4O3/c1-13-4-6-15(7-5-13)23-20-21-11-14(12-22-20)19(25)24-17-9-8-16(26-2)10-18(17)27-3/h4-12H,1-3H3,(H,24,25)(H,21,22,23). The van der Waals surface area contributed by atoms with Crippen LogP contribution in [0, 0.1) is 6.92 Å². The molecule has 0 aliphatic carbocycles. The summed E-state index contributed by atoms with van der Waals surface area (Å²) in [5, 5.41) is 5.87. The largest absolute Gasteiger partial charge is 0.497 e. The lowest BCUT2D eigenvalue weighted by atomic mass is 10.2. The topological polar surface area (TPSA) is 85.4 Å². The minimum absolute atomic E-state index is 0.333. The van der Waals surface area contributed by atoms with Gasteiger partial charge in [-0.2, -0.15) is 0 Å². The van der Waals surface area contributed by atoms with E-state index in [0.717, 1.165) is 5.69 Å². The van der Waals surface area contributed by atoms with Gasteiger partial charge in [0.25, 0.3) is 5.91 Å². The number of hydrogen-bond donors (Lipinski definition) is 2. The van der Waals surface area contributed by atoms with Gasteiger partial charge in [0.1, 0.15) is 11.5 Å². The predicted octanol–water partition coefficient (Wildman–Crippen LogP) is 3.80. The maximum absolute atomic E-state index is 12.4. The monoisotopic (exact) mass is 364 g/mol. The van der Waals surface area contributed by atoms with Crippen LogP contribution in [0.25, 0.3) is 0 Å². The molecule has 3 aromatic rings. The molecule has 0 saturated carbocycles. The van der Waals surface area contributed by atoms with E-state index in [-0.39, 0.29) is 5.91 Å². The van der Waals surface area contributed by atoms with Gasteiger partial charge in [-0.1, -0.05) is 17.7 Å². The van der Waals surface area contributed by atoms with Crippen LogP contribution in [0.5, 0.6) is 11.5 Å². The van der Waals surface area contributed by atoms with Gasteiger partial charge in [0, 0.05) is 24.1 Å². The number of hydrogen-bond acceptors (Lipinski definition) is 6. The number of carbonyl (C=O) groups is 1. The number of benzene rings is 2. The number of nitrogens with one attached hydrogen (secondary N) is 2. The Labute approximate surface area is 157 Å². The zero-order chi connectivity index (χ0) is 19.2. The first-order valence-corrected chi connectivity index (χ1v) is 8.28. The van der Waals surface area contributed by atoms with Crippen molar-refractivity contribution in [2.75, 3.05) is 24.9 Å². The highest BCUT2D eigenvalue weighted by Gasteiger charge is 2.12. The molecule has 0 bridgehead atoms. The molecule has 2 N–H and O–H groups in total. The van der Waals surface area contributed by atoms with E-state index in [9.17, 15) is 4.79 Å². The average molecular weight is 364 g/mol. The molecule has 3 rings (SSSR count). The van der Waals surface area contributed by atoms with Gasteiger partial charge in [-0.05, 0) is 31.2 Å². The Morgan fingerprint density at radius 1 is 0.963 bits per heavy atom. The number of rotatable bonds is 6. The Morgan fingerprint density at radius 3 is 2.30 bits per heavy atom. The van der Waals surface area contributed by atoms with Gasteiger partial charge in [-0.25, -0.2) is 9.97 Å². The quantitative estimate of drug-likeness (QED) is 0.692. The molecule has 27 heavy (non-hydrogen) atoms. The van der Waals surface area contributed by atoms with Crippen LogP contribution in [-0.4, -0.2) is 30.1 Å². The molecule has 1 aromatic heterocycles. The molecule has 7 nitrogen and oxygen atoms in total. The van der Waals surface area contributed by atoms with Crippen molar-refractivity contribution < 1.29 is 14.3 Å². The Hall–Kier alpha value is -3.61. The summed E-state index contributed by atoms with van der Waals surface area (Å²) in [4.78, 5) is 20.8. The van der Waals surface area contributed by atoms with E-state index >= 15 is 0 Å². The van der Waals surface area contributed by atoms with Gasteiger partial charge in [0.15, 0.2) is 0 Å². The molecule has 138 valence electrons. The maximum atomic E-state index is 12.4. The van der Waals surface area contributed by atoms with Gasteiger partial charge in [0.2, 0.25) is 5.95 Å². The third-order valence-corrected chi connectivity index (χ3v) is 3.88. The second-order valence-electron chi connectivity index (χ2n) is 5.81. The van der Waals surface area contributed by atoms with Gasteiger partial charge in [0.05, 0.1) is 25.5 Å². The van der Waals surface area contributed by atoms with Crippen molar-refractivity contribution >= 4 is 23.2 Å². The fourth-order valence-corrected chi connectivity index (χ4v) is 2.37. The zero-order valence-corrected chi connectivity index (χ0v) is 15.3. The number of amides is 1. The van der Waals surface area contributed by atoms with Crippen LogP contribution in [0.3, 0.4) is 0 Å². The zero-order valence-electron chi connectivity index (χ0n) is 15.3. The SMILES string of the molecule is COc1ccc(NC(=O)c2cnc(Nc3ccc(C)cc3)nc2)c(OC)c1. The minimum atomic E-state index is -0.333. The highest BCUT2D eigenvalue weighted by atomic mass is 16.5. The molecule has 7 heteroatoms. The van der Waals surface area contributed by atoms with Crippen LogP contribution < -0.4 is 20.1 Å². The van der Waals surface area contributed by atoms with Gasteiger partial charge < -0.3 is 20.1 Å². The first-order valence-electron chi connectivity index (χ1n) is 8.28. The number of carbonyl (C=O) groups excluding carboxylic acids is 1. The van der Waals surface area contributed by atoms with E-state index in [0.29, 0.717) is 28.7 Å². The Balaban J connectivity index is 1.69. The molecule has 0 unspecified atom stereocenters. The van der Waals surface area contributed by atoms with Crippen LogP contribution in [0.2, 0.25) is 0 Å². The normalized spacial score (nSPS) is 10.2. The van der Waals surface area contributed by atoms with E-state index in [1.165, 1.54) is 25.1 Å².